The van der Waals surface area contributed by atoms with Crippen LogP contribution in [0, 0.1) is 0 Å². The van der Waals surface area contributed by atoms with Gasteiger partial charge in [0, 0.05) is 36.9 Å². The molecule has 0 aliphatic carbocycles. The van der Waals surface area contributed by atoms with E-state index >= 15 is 0 Å². The quantitative estimate of drug-likeness (QED) is 0.733. The topological polar surface area (TPSA) is 57.7 Å². The highest BCUT2D eigenvalue weighted by molar-refractivity contribution is 7.91. The zero-order valence-corrected chi connectivity index (χ0v) is 16.5. The fourth-order valence-electron chi connectivity index (χ4n) is 3.05. The van der Waals surface area contributed by atoms with Gasteiger partial charge in [-0.1, -0.05) is 23.7 Å². The molecular weight excluding hydrogens is 410 g/mol. The van der Waals surface area contributed by atoms with Crippen LogP contribution in [-0.4, -0.2) is 51.2 Å². The number of halogens is 3. The fourth-order valence-corrected chi connectivity index (χ4v) is 3.90. The van der Waals surface area contributed by atoms with Crippen LogP contribution in [-0.2, 0) is 21.1 Å². The van der Waals surface area contributed by atoms with E-state index in [4.69, 9.17) is 11.6 Å². The van der Waals surface area contributed by atoms with Crippen molar-refractivity contribution in [3.63, 3.8) is 0 Å². The Labute approximate surface area is 167 Å². The van der Waals surface area contributed by atoms with Crippen molar-refractivity contribution in [3.05, 3.63) is 59.1 Å². The van der Waals surface area contributed by atoms with Crippen molar-refractivity contribution in [1.29, 1.82) is 0 Å². The van der Waals surface area contributed by atoms with E-state index in [1.807, 2.05) is 17.0 Å². The van der Waals surface area contributed by atoms with Gasteiger partial charge in [0.25, 0.3) is 0 Å². The highest BCUT2D eigenvalue weighted by Crippen LogP contribution is 2.23. The number of piperazine rings is 1. The van der Waals surface area contributed by atoms with Gasteiger partial charge in [0.1, 0.15) is 0 Å². The van der Waals surface area contributed by atoms with E-state index in [1.54, 1.807) is 17.0 Å². The maximum atomic E-state index is 12.6. The Hall–Kier alpha value is -2.19. The van der Waals surface area contributed by atoms with Crippen LogP contribution in [0.4, 0.5) is 14.5 Å². The number of hydrogen-bond acceptors (Lipinski definition) is 4. The number of anilines is 1. The zero-order chi connectivity index (χ0) is 20.3. The van der Waals surface area contributed by atoms with Crippen molar-refractivity contribution in [2.45, 2.75) is 17.1 Å². The van der Waals surface area contributed by atoms with Gasteiger partial charge in [-0.3, -0.25) is 4.79 Å². The summed E-state index contributed by atoms with van der Waals surface area (Å²) >= 11 is 5.85. The molecule has 0 saturated carbocycles. The maximum absolute atomic E-state index is 12.6. The van der Waals surface area contributed by atoms with Crippen molar-refractivity contribution in [2.24, 2.45) is 0 Å². The molecule has 1 amide bonds. The monoisotopic (exact) mass is 428 g/mol. The van der Waals surface area contributed by atoms with Gasteiger partial charge in [-0.25, -0.2) is 8.42 Å². The Bertz CT molecular complexity index is 927. The fraction of sp³-hybridized carbons (Fsp3) is 0.316. The van der Waals surface area contributed by atoms with Gasteiger partial charge in [0.05, 0.1) is 11.3 Å². The van der Waals surface area contributed by atoms with Crippen LogP contribution in [0.3, 0.4) is 0 Å². The van der Waals surface area contributed by atoms with Crippen LogP contribution in [0.25, 0.3) is 0 Å². The largest absolute Gasteiger partial charge is 0.368 e. The Morgan fingerprint density at radius 3 is 2.07 bits per heavy atom. The van der Waals surface area contributed by atoms with Crippen LogP contribution in [0.1, 0.15) is 5.56 Å². The summed E-state index contributed by atoms with van der Waals surface area (Å²) in [5, 5.41) is 0.622. The number of amides is 1. The lowest BCUT2D eigenvalue weighted by atomic mass is 10.1. The first-order valence-corrected chi connectivity index (χ1v) is 10.6. The molecule has 5 nitrogen and oxygen atoms in total. The molecule has 9 heteroatoms. The number of carbonyl (C=O) groups is 1. The lowest BCUT2D eigenvalue weighted by molar-refractivity contribution is -0.130. The smallest absolute Gasteiger partial charge is 0.341 e. The van der Waals surface area contributed by atoms with E-state index in [1.165, 1.54) is 24.3 Å². The highest BCUT2D eigenvalue weighted by atomic mass is 35.5. The maximum Gasteiger partial charge on any atom is 0.341 e. The summed E-state index contributed by atoms with van der Waals surface area (Å²) in [5.74, 6) is -3.41. The molecule has 28 heavy (non-hydrogen) atoms. The first kappa shape index (κ1) is 20.5. The number of rotatable bonds is 5. The summed E-state index contributed by atoms with van der Waals surface area (Å²) < 4.78 is 48.2. The van der Waals surface area contributed by atoms with E-state index in [2.05, 4.69) is 0 Å². The molecule has 1 aliphatic heterocycles. The summed E-state index contributed by atoms with van der Waals surface area (Å²) in [6, 6.07) is 12.6. The third-order valence-electron chi connectivity index (χ3n) is 4.67. The second-order valence-corrected chi connectivity index (χ2v) is 8.82. The van der Waals surface area contributed by atoms with E-state index in [-0.39, 0.29) is 5.91 Å². The highest BCUT2D eigenvalue weighted by Gasteiger charge is 2.27. The van der Waals surface area contributed by atoms with Gasteiger partial charge >= 0.3 is 5.76 Å². The molecule has 0 aromatic heterocycles. The van der Waals surface area contributed by atoms with Crippen LogP contribution in [0.15, 0.2) is 53.4 Å². The Morgan fingerprint density at radius 1 is 0.964 bits per heavy atom. The van der Waals surface area contributed by atoms with Gasteiger partial charge < -0.3 is 9.80 Å². The molecule has 0 atom stereocenters. The lowest BCUT2D eigenvalue weighted by Gasteiger charge is -2.36. The zero-order valence-electron chi connectivity index (χ0n) is 14.9. The number of benzene rings is 2. The molecule has 1 aliphatic rings. The minimum atomic E-state index is -4.59. The number of nitrogens with zero attached hydrogens (tertiary/aromatic N) is 2. The number of hydrogen-bond donors (Lipinski definition) is 0. The van der Waals surface area contributed by atoms with Crippen molar-refractivity contribution in [1.82, 2.24) is 4.90 Å². The molecule has 1 heterocycles. The molecule has 2 aromatic rings. The van der Waals surface area contributed by atoms with Crippen molar-refractivity contribution in [3.8, 4) is 0 Å². The average molecular weight is 429 g/mol. The molecule has 3 rings (SSSR count). The third-order valence-corrected chi connectivity index (χ3v) is 6.32. The summed E-state index contributed by atoms with van der Waals surface area (Å²) in [4.78, 5) is 15.8. The number of carbonyl (C=O) groups excluding carboxylic acids is 1. The van der Waals surface area contributed by atoms with Crippen molar-refractivity contribution >= 4 is 33.0 Å². The van der Waals surface area contributed by atoms with Crippen LogP contribution < -0.4 is 4.90 Å². The Kier molecular flexibility index (Phi) is 6.20. The van der Waals surface area contributed by atoms with E-state index < -0.39 is 20.5 Å². The third kappa shape index (κ3) is 4.62. The molecule has 2 aromatic carbocycles. The molecule has 0 unspecified atom stereocenters. The second kappa shape index (κ2) is 8.45. The predicted octanol–water partition coefficient (Wildman–Crippen LogP) is 3.23. The van der Waals surface area contributed by atoms with Crippen molar-refractivity contribution in [2.75, 3.05) is 31.1 Å². The van der Waals surface area contributed by atoms with Gasteiger partial charge in [-0.05, 0) is 42.0 Å². The standard InChI is InChI=1S/C19H19ClF2N2O3S/c20-15-3-1-14(2-4-15)13-18(25)24-11-9-23(10-12-24)16-5-7-17(8-6-16)28(26,27)19(21)22/h1-8,19H,9-13H2. The van der Waals surface area contributed by atoms with Crippen LogP contribution in [0.2, 0.25) is 5.02 Å². The van der Waals surface area contributed by atoms with E-state index in [9.17, 15) is 22.0 Å². The van der Waals surface area contributed by atoms with E-state index in [0.29, 0.717) is 37.6 Å². The molecule has 150 valence electrons. The average Bonchev–Trinajstić information content (AvgIpc) is 2.70. The van der Waals surface area contributed by atoms with Crippen LogP contribution >= 0.6 is 11.6 Å². The predicted molar refractivity (Wildman–Crippen MR) is 104 cm³/mol. The molecule has 1 saturated heterocycles. The molecule has 1 fully saturated rings. The first-order chi connectivity index (χ1) is 13.3. The number of alkyl halides is 2. The summed E-state index contributed by atoms with van der Waals surface area (Å²) in [6.45, 7) is 2.22. The summed E-state index contributed by atoms with van der Waals surface area (Å²) in [5.41, 5.74) is 1.63. The number of sulfone groups is 1. The molecular formula is C19H19ClF2N2O3S. The minimum Gasteiger partial charge on any atom is -0.368 e. The van der Waals surface area contributed by atoms with Gasteiger partial charge in [0.15, 0.2) is 0 Å². The van der Waals surface area contributed by atoms with Crippen LogP contribution in [0.5, 0.6) is 0 Å². The Balaban J connectivity index is 1.57. The summed E-state index contributed by atoms with van der Waals surface area (Å²) in [7, 11) is -4.59. The lowest BCUT2D eigenvalue weighted by Crippen LogP contribution is -2.49. The molecule has 0 radical (unpaired) electrons. The summed E-state index contributed by atoms with van der Waals surface area (Å²) in [6.07, 6.45) is 0.303. The van der Waals surface area contributed by atoms with Gasteiger partial charge in [0.2, 0.25) is 15.7 Å². The van der Waals surface area contributed by atoms with Crippen molar-refractivity contribution < 1.29 is 22.0 Å². The first-order valence-electron chi connectivity index (χ1n) is 8.66. The van der Waals surface area contributed by atoms with E-state index in [0.717, 1.165) is 11.3 Å². The SMILES string of the molecule is O=C(Cc1ccc(Cl)cc1)N1CCN(c2ccc(S(=O)(=O)C(F)F)cc2)CC1. The minimum absolute atomic E-state index is 0.0281. The Morgan fingerprint density at radius 2 is 1.54 bits per heavy atom. The molecule has 0 spiro atoms. The van der Waals surface area contributed by atoms with Gasteiger partial charge in [-0.2, -0.15) is 8.78 Å². The second-order valence-electron chi connectivity index (χ2n) is 6.47. The molecule has 0 bridgehead atoms. The van der Waals surface area contributed by atoms with Gasteiger partial charge in [-0.15, -0.1) is 0 Å². The molecule has 0 N–H and O–H groups in total. The normalized spacial score (nSPS) is 15.1.